The summed E-state index contributed by atoms with van der Waals surface area (Å²) >= 11 is 0. The molecular weight excluding hydrogens is 273 g/mol. The summed E-state index contributed by atoms with van der Waals surface area (Å²) in [7, 11) is 0. The molecule has 21 heavy (non-hydrogen) atoms. The Morgan fingerprint density at radius 1 is 1.38 bits per heavy atom. The second kappa shape index (κ2) is 6.39. The van der Waals surface area contributed by atoms with Crippen molar-refractivity contribution in [1.82, 2.24) is 14.7 Å². The first-order chi connectivity index (χ1) is 10.0. The van der Waals surface area contributed by atoms with E-state index in [0.29, 0.717) is 13.1 Å². The fraction of sp³-hybridized carbons (Fsp3) is 0.333. The Morgan fingerprint density at radius 3 is 2.62 bits per heavy atom. The van der Waals surface area contributed by atoms with E-state index in [0.717, 1.165) is 11.3 Å². The summed E-state index contributed by atoms with van der Waals surface area (Å²) in [5, 5.41) is 13.5. The number of aromatic nitrogens is 2. The Labute approximate surface area is 122 Å². The third kappa shape index (κ3) is 3.59. The van der Waals surface area contributed by atoms with Crippen LogP contribution in [-0.2, 0) is 6.54 Å². The van der Waals surface area contributed by atoms with Gasteiger partial charge in [0.05, 0.1) is 18.3 Å². The molecule has 1 N–H and O–H groups in total. The van der Waals surface area contributed by atoms with Crippen LogP contribution in [0.2, 0.25) is 0 Å². The molecule has 0 fully saturated rings. The highest BCUT2D eigenvalue weighted by Gasteiger charge is 2.18. The predicted molar refractivity (Wildman–Crippen MR) is 77.5 cm³/mol. The Morgan fingerprint density at radius 2 is 2.05 bits per heavy atom. The highest BCUT2D eigenvalue weighted by Crippen LogP contribution is 2.17. The lowest BCUT2D eigenvalue weighted by atomic mass is 10.1. The molecular formula is C15H18FN3O2. The molecule has 0 aliphatic carbocycles. The number of halogens is 1. The zero-order valence-electron chi connectivity index (χ0n) is 12.0. The van der Waals surface area contributed by atoms with E-state index in [1.165, 1.54) is 17.0 Å². The number of nitrogens with zero attached hydrogens (tertiary/aromatic N) is 3. The van der Waals surface area contributed by atoms with Crippen molar-refractivity contribution in [2.45, 2.75) is 26.4 Å². The highest BCUT2D eigenvalue weighted by atomic mass is 19.1. The molecule has 0 saturated carbocycles. The van der Waals surface area contributed by atoms with E-state index in [9.17, 15) is 9.18 Å². The highest BCUT2D eigenvalue weighted by molar-refractivity contribution is 5.65. The van der Waals surface area contributed by atoms with Crippen molar-refractivity contribution < 1.29 is 14.3 Å². The molecule has 0 unspecified atom stereocenters. The van der Waals surface area contributed by atoms with E-state index >= 15 is 0 Å². The first kappa shape index (κ1) is 15.0. The van der Waals surface area contributed by atoms with E-state index in [2.05, 4.69) is 5.10 Å². The predicted octanol–water partition coefficient (Wildman–Crippen LogP) is 3.08. The molecule has 1 atom stereocenters. The number of hydrogen-bond donors (Lipinski definition) is 1. The van der Waals surface area contributed by atoms with E-state index in [1.54, 1.807) is 29.9 Å². The lowest BCUT2D eigenvalue weighted by Gasteiger charge is -2.24. The average Bonchev–Trinajstić information content (AvgIpc) is 2.88. The first-order valence-electron chi connectivity index (χ1n) is 6.80. The van der Waals surface area contributed by atoms with Crippen LogP contribution in [0.4, 0.5) is 9.18 Å². The van der Waals surface area contributed by atoms with Crippen LogP contribution in [0.3, 0.4) is 0 Å². The maximum absolute atomic E-state index is 12.9. The van der Waals surface area contributed by atoms with Gasteiger partial charge in [0.15, 0.2) is 0 Å². The van der Waals surface area contributed by atoms with Crippen molar-refractivity contribution in [2.75, 3.05) is 6.54 Å². The summed E-state index contributed by atoms with van der Waals surface area (Å²) < 4.78 is 14.6. The molecule has 112 valence electrons. The Bertz CT molecular complexity index is 610. The summed E-state index contributed by atoms with van der Waals surface area (Å²) in [4.78, 5) is 12.4. The third-order valence-corrected chi connectivity index (χ3v) is 3.35. The van der Waals surface area contributed by atoms with Crippen LogP contribution in [0, 0.1) is 5.82 Å². The van der Waals surface area contributed by atoms with Crippen LogP contribution in [0.25, 0.3) is 11.3 Å². The van der Waals surface area contributed by atoms with Gasteiger partial charge in [-0.1, -0.05) is 0 Å². The molecule has 1 heterocycles. The van der Waals surface area contributed by atoms with Crippen molar-refractivity contribution in [3.05, 3.63) is 42.3 Å². The molecule has 5 nitrogen and oxygen atoms in total. The minimum atomic E-state index is -0.934. The lowest BCUT2D eigenvalue weighted by molar-refractivity contribution is 0.125. The molecule has 0 radical (unpaired) electrons. The van der Waals surface area contributed by atoms with Gasteiger partial charge < -0.3 is 10.0 Å². The summed E-state index contributed by atoms with van der Waals surface area (Å²) in [6, 6.07) is 7.77. The fourth-order valence-corrected chi connectivity index (χ4v) is 2.24. The minimum absolute atomic E-state index is 0.173. The number of benzene rings is 1. The standard InChI is InChI=1S/C15H18FN3O2/c1-3-19(15(20)21)11(2)10-18-9-8-14(17-18)12-4-6-13(16)7-5-12/h4-9,11H,3,10H2,1-2H3,(H,20,21)/t11-/m0/s1. The Balaban J connectivity index is 2.09. The van der Waals surface area contributed by atoms with Crippen molar-refractivity contribution in [3.63, 3.8) is 0 Å². The number of hydrogen-bond acceptors (Lipinski definition) is 2. The van der Waals surface area contributed by atoms with Crippen LogP contribution >= 0.6 is 0 Å². The molecule has 2 aromatic rings. The fourth-order valence-electron chi connectivity index (χ4n) is 2.24. The van der Waals surface area contributed by atoms with Crippen LogP contribution in [0.1, 0.15) is 13.8 Å². The topological polar surface area (TPSA) is 58.4 Å². The number of amides is 1. The first-order valence-corrected chi connectivity index (χ1v) is 6.80. The number of rotatable bonds is 5. The second-order valence-corrected chi connectivity index (χ2v) is 4.85. The molecule has 0 aliphatic rings. The maximum Gasteiger partial charge on any atom is 0.407 e. The number of carbonyl (C=O) groups is 1. The zero-order chi connectivity index (χ0) is 15.4. The molecule has 1 aromatic heterocycles. The molecule has 1 aromatic carbocycles. The molecule has 0 bridgehead atoms. The molecule has 1 amide bonds. The largest absolute Gasteiger partial charge is 0.465 e. The molecule has 0 saturated heterocycles. The van der Waals surface area contributed by atoms with Gasteiger partial charge in [0.2, 0.25) is 0 Å². The van der Waals surface area contributed by atoms with Gasteiger partial charge in [-0.05, 0) is 44.2 Å². The monoisotopic (exact) mass is 291 g/mol. The van der Waals surface area contributed by atoms with Gasteiger partial charge in [-0.3, -0.25) is 4.68 Å². The van der Waals surface area contributed by atoms with Gasteiger partial charge in [-0.25, -0.2) is 9.18 Å². The van der Waals surface area contributed by atoms with Gasteiger partial charge in [-0.15, -0.1) is 0 Å². The van der Waals surface area contributed by atoms with E-state index in [4.69, 9.17) is 5.11 Å². The molecule has 0 spiro atoms. The number of likely N-dealkylation sites (N-methyl/N-ethyl adjacent to an activating group) is 1. The van der Waals surface area contributed by atoms with Crippen molar-refractivity contribution >= 4 is 6.09 Å². The summed E-state index contributed by atoms with van der Waals surface area (Å²) in [6.07, 6.45) is 0.862. The quantitative estimate of drug-likeness (QED) is 0.921. The molecule has 6 heteroatoms. The van der Waals surface area contributed by atoms with E-state index < -0.39 is 6.09 Å². The van der Waals surface area contributed by atoms with Crippen LogP contribution in [0.15, 0.2) is 36.5 Å². The number of carboxylic acid groups (broad SMARTS) is 1. The SMILES string of the molecule is CCN(C(=O)O)[C@@H](C)Cn1ccc(-c2ccc(F)cc2)n1. The van der Waals surface area contributed by atoms with Gasteiger partial charge >= 0.3 is 6.09 Å². The van der Waals surface area contributed by atoms with Crippen LogP contribution < -0.4 is 0 Å². The average molecular weight is 291 g/mol. The summed E-state index contributed by atoms with van der Waals surface area (Å²) in [6.45, 7) is 4.55. The third-order valence-electron chi connectivity index (χ3n) is 3.35. The molecule has 0 aliphatic heterocycles. The van der Waals surface area contributed by atoms with E-state index in [1.807, 2.05) is 13.0 Å². The molecule has 2 rings (SSSR count). The maximum atomic E-state index is 12.9. The van der Waals surface area contributed by atoms with Crippen molar-refractivity contribution in [2.24, 2.45) is 0 Å². The van der Waals surface area contributed by atoms with Crippen LogP contribution in [0.5, 0.6) is 0 Å². The van der Waals surface area contributed by atoms with Gasteiger partial charge in [0.25, 0.3) is 0 Å². The second-order valence-electron chi connectivity index (χ2n) is 4.85. The van der Waals surface area contributed by atoms with Crippen LogP contribution in [-0.4, -0.2) is 38.5 Å². The summed E-state index contributed by atoms with van der Waals surface area (Å²) in [5.41, 5.74) is 1.56. The van der Waals surface area contributed by atoms with Gasteiger partial charge in [0.1, 0.15) is 5.82 Å². The minimum Gasteiger partial charge on any atom is -0.465 e. The van der Waals surface area contributed by atoms with E-state index in [-0.39, 0.29) is 11.9 Å². The van der Waals surface area contributed by atoms with Crippen molar-refractivity contribution in [3.8, 4) is 11.3 Å². The smallest absolute Gasteiger partial charge is 0.407 e. The normalized spacial score (nSPS) is 12.1. The van der Waals surface area contributed by atoms with Gasteiger partial charge in [0, 0.05) is 18.3 Å². The Hall–Kier alpha value is -2.37. The Kier molecular flexibility index (Phi) is 4.57. The van der Waals surface area contributed by atoms with Crippen molar-refractivity contribution in [1.29, 1.82) is 0 Å². The van der Waals surface area contributed by atoms with Gasteiger partial charge in [-0.2, -0.15) is 5.10 Å². The lowest BCUT2D eigenvalue weighted by Crippen LogP contribution is -2.39. The summed E-state index contributed by atoms with van der Waals surface area (Å²) in [5.74, 6) is -0.285. The zero-order valence-corrected chi connectivity index (χ0v) is 12.0.